The molecule has 0 atom stereocenters. The van der Waals surface area contributed by atoms with Crippen LogP contribution in [-0.2, 0) is 14.3 Å². The van der Waals surface area contributed by atoms with Crippen molar-refractivity contribution < 1.29 is 19.1 Å². The second-order valence-corrected chi connectivity index (χ2v) is 3.31. The summed E-state index contributed by atoms with van der Waals surface area (Å²) in [5, 5.41) is 0. The van der Waals surface area contributed by atoms with E-state index >= 15 is 0 Å². The smallest absolute Gasteiger partial charge is 0.339 e. The minimum Gasteiger partial charge on any atom is -0.497 e. The van der Waals surface area contributed by atoms with Crippen LogP contribution in [0.5, 0.6) is 5.75 Å². The van der Waals surface area contributed by atoms with E-state index in [0.717, 1.165) is 5.56 Å². The molecule has 0 saturated heterocycles. The summed E-state index contributed by atoms with van der Waals surface area (Å²) in [5.41, 5.74) is 2.18. The number of allylic oxidation sites excluding steroid dienone is 1. The monoisotopic (exact) mass is 218 g/mol. The molecule has 0 fully saturated rings. The molecule has 0 bridgehead atoms. The maximum atomic E-state index is 11.4. The molecular weight excluding hydrogens is 208 g/mol. The Morgan fingerprint density at radius 2 is 2.00 bits per heavy atom. The van der Waals surface area contributed by atoms with Crippen molar-refractivity contribution in [3.05, 3.63) is 29.3 Å². The molecule has 4 heteroatoms. The molecule has 4 nitrogen and oxygen atoms in total. The zero-order valence-corrected chi connectivity index (χ0v) is 8.94. The van der Waals surface area contributed by atoms with Crippen molar-refractivity contribution in [1.29, 1.82) is 0 Å². The number of esters is 1. The molecule has 0 radical (unpaired) electrons. The first-order valence-electron chi connectivity index (χ1n) is 4.69. The minimum atomic E-state index is -0.497. The van der Waals surface area contributed by atoms with Crippen LogP contribution in [0.2, 0.25) is 0 Å². The van der Waals surface area contributed by atoms with E-state index in [4.69, 9.17) is 4.74 Å². The summed E-state index contributed by atoms with van der Waals surface area (Å²) in [6.07, 6.45) is 0.668. The Morgan fingerprint density at radius 1 is 1.25 bits per heavy atom. The van der Waals surface area contributed by atoms with Gasteiger partial charge in [0.1, 0.15) is 5.75 Å². The molecule has 0 aromatic heterocycles. The summed E-state index contributed by atoms with van der Waals surface area (Å²) in [7, 11) is 2.83. The van der Waals surface area contributed by atoms with Crippen molar-refractivity contribution in [1.82, 2.24) is 0 Å². The zero-order valence-electron chi connectivity index (χ0n) is 8.94. The normalized spacial score (nSPS) is 12.6. The van der Waals surface area contributed by atoms with E-state index < -0.39 is 5.97 Å². The van der Waals surface area contributed by atoms with Crippen molar-refractivity contribution in [2.75, 3.05) is 14.2 Å². The predicted octanol–water partition coefficient (Wildman–Crippen LogP) is 1.29. The molecule has 0 N–H and O–H groups in total. The molecule has 1 aliphatic carbocycles. The van der Waals surface area contributed by atoms with Gasteiger partial charge in [0.25, 0.3) is 0 Å². The molecule has 1 aromatic rings. The van der Waals surface area contributed by atoms with Crippen LogP contribution in [0.1, 0.15) is 11.1 Å². The fraction of sp³-hybridized carbons (Fsp3) is 0.167. The molecule has 0 amide bonds. The van der Waals surface area contributed by atoms with E-state index in [9.17, 15) is 9.59 Å². The highest BCUT2D eigenvalue weighted by molar-refractivity contribution is 6.40. The Labute approximate surface area is 92.5 Å². The van der Waals surface area contributed by atoms with Gasteiger partial charge < -0.3 is 9.47 Å². The fourth-order valence-electron chi connectivity index (χ4n) is 1.75. The first-order chi connectivity index (χ1) is 7.72. The van der Waals surface area contributed by atoms with Gasteiger partial charge in [0.2, 0.25) is 0 Å². The summed E-state index contributed by atoms with van der Waals surface area (Å²) in [6.45, 7) is 0. The Morgan fingerprint density at radius 3 is 2.56 bits per heavy atom. The lowest BCUT2D eigenvalue weighted by Crippen LogP contribution is -2.16. The summed E-state index contributed by atoms with van der Waals surface area (Å²) < 4.78 is 9.67. The van der Waals surface area contributed by atoms with Gasteiger partial charge in [0.15, 0.2) is 6.29 Å². The lowest BCUT2D eigenvalue weighted by molar-refractivity contribution is -0.133. The number of methoxy groups -OCH3 is 2. The van der Waals surface area contributed by atoms with Crippen LogP contribution in [-0.4, -0.2) is 26.5 Å². The first kappa shape index (κ1) is 10.4. The van der Waals surface area contributed by atoms with Crippen molar-refractivity contribution in [2.45, 2.75) is 0 Å². The summed E-state index contributed by atoms with van der Waals surface area (Å²) in [5.74, 6) is 0.146. The summed E-state index contributed by atoms with van der Waals surface area (Å²) >= 11 is 0. The van der Waals surface area contributed by atoms with Crippen LogP contribution in [0.15, 0.2) is 18.2 Å². The van der Waals surface area contributed by atoms with E-state index in [-0.39, 0.29) is 0 Å². The van der Waals surface area contributed by atoms with Crippen LogP contribution in [0.4, 0.5) is 0 Å². The van der Waals surface area contributed by atoms with E-state index in [0.29, 0.717) is 28.7 Å². The van der Waals surface area contributed by atoms with Gasteiger partial charge >= 0.3 is 5.97 Å². The SMILES string of the molecule is COC(=O)C1=C(C=O)c2ccc(OC)cc21. The second kappa shape index (κ2) is 3.81. The molecule has 1 aromatic carbocycles. The van der Waals surface area contributed by atoms with Crippen molar-refractivity contribution in [2.24, 2.45) is 0 Å². The Balaban J connectivity index is 2.49. The Kier molecular flexibility index (Phi) is 2.48. The number of benzene rings is 1. The van der Waals surface area contributed by atoms with Gasteiger partial charge in [-0.1, -0.05) is 0 Å². The summed E-state index contributed by atoms with van der Waals surface area (Å²) in [4.78, 5) is 22.3. The maximum Gasteiger partial charge on any atom is 0.339 e. The van der Waals surface area contributed by atoms with E-state index in [2.05, 4.69) is 4.74 Å². The molecule has 1 aliphatic rings. The predicted molar refractivity (Wildman–Crippen MR) is 57.9 cm³/mol. The van der Waals surface area contributed by atoms with Crippen LogP contribution in [0.3, 0.4) is 0 Å². The average molecular weight is 218 g/mol. The highest BCUT2D eigenvalue weighted by atomic mass is 16.5. The molecule has 2 rings (SSSR count). The molecule has 0 aliphatic heterocycles. The Bertz CT molecular complexity index is 500. The van der Waals surface area contributed by atoms with Crippen LogP contribution < -0.4 is 4.74 Å². The molecule has 16 heavy (non-hydrogen) atoms. The summed E-state index contributed by atoms with van der Waals surface area (Å²) in [6, 6.07) is 5.22. The third-order valence-corrected chi connectivity index (χ3v) is 2.56. The maximum absolute atomic E-state index is 11.4. The third-order valence-electron chi connectivity index (χ3n) is 2.56. The number of hydrogen-bond acceptors (Lipinski definition) is 4. The number of hydrogen-bond donors (Lipinski definition) is 0. The highest BCUT2D eigenvalue weighted by Gasteiger charge is 2.31. The first-order valence-corrected chi connectivity index (χ1v) is 4.69. The molecule has 0 saturated carbocycles. The van der Waals surface area contributed by atoms with Crippen LogP contribution in [0.25, 0.3) is 11.1 Å². The molecular formula is C12H10O4. The van der Waals surface area contributed by atoms with Crippen LogP contribution >= 0.6 is 0 Å². The van der Waals surface area contributed by atoms with Gasteiger partial charge in [0.05, 0.1) is 19.8 Å². The van der Waals surface area contributed by atoms with Crippen molar-refractivity contribution >= 4 is 23.4 Å². The topological polar surface area (TPSA) is 52.6 Å². The number of aldehydes is 1. The average Bonchev–Trinajstić information content (AvgIpc) is 2.30. The molecule has 0 unspecified atom stereocenters. The van der Waals surface area contributed by atoms with Gasteiger partial charge in [-0.05, 0) is 23.8 Å². The zero-order chi connectivity index (χ0) is 11.7. The molecule has 0 spiro atoms. The number of carbonyl (C=O) groups is 2. The van der Waals surface area contributed by atoms with Crippen LogP contribution in [0, 0.1) is 0 Å². The lowest BCUT2D eigenvalue weighted by atomic mass is 9.81. The van der Waals surface area contributed by atoms with Gasteiger partial charge in [-0.3, -0.25) is 4.79 Å². The standard InChI is InChI=1S/C12H10O4/c1-15-7-3-4-8-9(5-7)11(10(8)6-13)12(14)16-2/h3-6H,1-2H3. The number of fused-ring (bicyclic) bond motifs is 1. The highest BCUT2D eigenvalue weighted by Crippen LogP contribution is 2.41. The fourth-order valence-corrected chi connectivity index (χ4v) is 1.75. The number of rotatable bonds is 3. The second-order valence-electron chi connectivity index (χ2n) is 3.31. The quantitative estimate of drug-likeness (QED) is 0.566. The number of carbonyl (C=O) groups excluding carboxylic acids is 2. The molecule has 82 valence electrons. The van der Waals surface area contributed by atoms with Crippen molar-refractivity contribution in [3.63, 3.8) is 0 Å². The third kappa shape index (κ3) is 1.31. The minimum absolute atomic E-state index is 0.325. The van der Waals surface area contributed by atoms with Gasteiger partial charge in [-0.15, -0.1) is 0 Å². The van der Waals surface area contributed by atoms with Crippen molar-refractivity contribution in [3.8, 4) is 5.75 Å². The van der Waals surface area contributed by atoms with Gasteiger partial charge in [-0.25, -0.2) is 4.79 Å². The molecule has 0 heterocycles. The lowest BCUT2D eigenvalue weighted by Gasteiger charge is -2.23. The van der Waals surface area contributed by atoms with E-state index in [1.54, 1.807) is 25.3 Å². The largest absolute Gasteiger partial charge is 0.497 e. The van der Waals surface area contributed by atoms with Gasteiger partial charge in [0, 0.05) is 11.1 Å². The Hall–Kier alpha value is -2.10. The van der Waals surface area contributed by atoms with E-state index in [1.165, 1.54) is 7.11 Å². The number of ether oxygens (including phenoxy) is 2. The van der Waals surface area contributed by atoms with E-state index in [1.807, 2.05) is 0 Å². The van der Waals surface area contributed by atoms with Gasteiger partial charge in [-0.2, -0.15) is 0 Å².